The van der Waals surface area contributed by atoms with Crippen LogP contribution in [0.25, 0.3) is 11.0 Å². The predicted octanol–water partition coefficient (Wildman–Crippen LogP) is 1.71. The lowest BCUT2D eigenvalue weighted by Gasteiger charge is -1.89. The second kappa shape index (κ2) is 2.95. The normalized spacial score (nSPS) is 10.8. The lowest BCUT2D eigenvalue weighted by molar-refractivity contribution is 0.179. The number of benzene rings is 1. The highest BCUT2D eigenvalue weighted by molar-refractivity contribution is 5.74. The van der Waals surface area contributed by atoms with E-state index in [0.29, 0.717) is 6.61 Å². The zero-order valence-electron chi connectivity index (χ0n) is 6.87. The van der Waals surface area contributed by atoms with E-state index in [1.54, 1.807) is 7.11 Å². The van der Waals surface area contributed by atoms with Gasteiger partial charge in [0.25, 0.3) is 0 Å². The standard InChI is InChI=1S/C9H10N2O/c1-12-6-9-10-7-4-2-3-5-8(7)11-9/h2-5H,6H2,1H3,(H,10,11). The molecule has 1 aromatic heterocycles. The van der Waals surface area contributed by atoms with Crippen LogP contribution in [0.4, 0.5) is 0 Å². The van der Waals surface area contributed by atoms with Gasteiger partial charge in [0.15, 0.2) is 0 Å². The summed E-state index contributed by atoms with van der Waals surface area (Å²) in [5.41, 5.74) is 2.05. The third kappa shape index (κ3) is 1.19. The van der Waals surface area contributed by atoms with Gasteiger partial charge in [-0.2, -0.15) is 0 Å². The Hall–Kier alpha value is -1.35. The molecular weight excluding hydrogens is 152 g/mol. The average Bonchev–Trinajstić information content (AvgIpc) is 2.47. The van der Waals surface area contributed by atoms with Crippen LogP contribution in [-0.4, -0.2) is 17.1 Å². The summed E-state index contributed by atoms with van der Waals surface area (Å²) in [6.45, 7) is 0.536. The summed E-state index contributed by atoms with van der Waals surface area (Å²) in [7, 11) is 1.66. The maximum Gasteiger partial charge on any atom is 0.133 e. The Bertz CT molecular complexity index is 348. The van der Waals surface area contributed by atoms with Crippen molar-refractivity contribution in [3.05, 3.63) is 30.1 Å². The van der Waals surface area contributed by atoms with Crippen molar-refractivity contribution >= 4 is 11.0 Å². The number of hydrogen-bond donors (Lipinski definition) is 1. The van der Waals surface area contributed by atoms with Crippen molar-refractivity contribution < 1.29 is 4.74 Å². The van der Waals surface area contributed by atoms with Crippen LogP contribution < -0.4 is 0 Å². The molecule has 0 amide bonds. The lowest BCUT2D eigenvalue weighted by atomic mass is 10.3. The molecule has 3 heteroatoms. The van der Waals surface area contributed by atoms with Gasteiger partial charge in [0.1, 0.15) is 12.4 Å². The molecule has 12 heavy (non-hydrogen) atoms. The van der Waals surface area contributed by atoms with Gasteiger partial charge in [0.2, 0.25) is 0 Å². The van der Waals surface area contributed by atoms with E-state index in [-0.39, 0.29) is 0 Å². The molecular formula is C9H10N2O. The topological polar surface area (TPSA) is 37.9 Å². The summed E-state index contributed by atoms with van der Waals surface area (Å²) in [5, 5.41) is 0. The van der Waals surface area contributed by atoms with Crippen molar-refractivity contribution in [2.45, 2.75) is 6.61 Å². The van der Waals surface area contributed by atoms with Gasteiger partial charge in [-0.15, -0.1) is 0 Å². The molecule has 0 fully saturated rings. The molecule has 0 unspecified atom stereocenters. The number of aromatic nitrogens is 2. The highest BCUT2D eigenvalue weighted by Crippen LogP contribution is 2.10. The number of nitrogens with zero attached hydrogens (tertiary/aromatic N) is 1. The van der Waals surface area contributed by atoms with Crippen LogP contribution in [0.2, 0.25) is 0 Å². The predicted molar refractivity (Wildman–Crippen MR) is 46.8 cm³/mol. The van der Waals surface area contributed by atoms with Crippen molar-refractivity contribution in [3.63, 3.8) is 0 Å². The Morgan fingerprint density at radius 1 is 1.42 bits per heavy atom. The van der Waals surface area contributed by atoms with Crippen LogP contribution >= 0.6 is 0 Å². The number of H-pyrrole nitrogens is 1. The quantitative estimate of drug-likeness (QED) is 0.730. The van der Waals surface area contributed by atoms with Crippen molar-refractivity contribution in [1.82, 2.24) is 9.97 Å². The fourth-order valence-electron chi connectivity index (χ4n) is 1.21. The zero-order chi connectivity index (χ0) is 8.39. The second-order valence-electron chi connectivity index (χ2n) is 2.63. The van der Waals surface area contributed by atoms with Crippen LogP contribution in [0.3, 0.4) is 0 Å². The molecule has 2 aromatic rings. The summed E-state index contributed by atoms with van der Waals surface area (Å²) in [5.74, 6) is 0.874. The van der Waals surface area contributed by atoms with Crippen LogP contribution in [0.1, 0.15) is 5.82 Å². The van der Waals surface area contributed by atoms with E-state index in [1.807, 2.05) is 24.3 Å². The van der Waals surface area contributed by atoms with Crippen molar-refractivity contribution in [2.24, 2.45) is 0 Å². The summed E-state index contributed by atoms with van der Waals surface area (Å²) in [6.07, 6.45) is 0. The molecule has 0 radical (unpaired) electrons. The summed E-state index contributed by atoms with van der Waals surface area (Å²) in [6, 6.07) is 7.93. The molecule has 62 valence electrons. The molecule has 0 spiro atoms. The van der Waals surface area contributed by atoms with Gasteiger partial charge < -0.3 is 9.72 Å². The number of fused-ring (bicyclic) bond motifs is 1. The van der Waals surface area contributed by atoms with Gasteiger partial charge in [0.05, 0.1) is 11.0 Å². The molecule has 0 atom stereocenters. The first-order valence-electron chi connectivity index (χ1n) is 3.83. The van der Waals surface area contributed by atoms with E-state index in [0.717, 1.165) is 16.9 Å². The van der Waals surface area contributed by atoms with Gasteiger partial charge in [-0.05, 0) is 12.1 Å². The van der Waals surface area contributed by atoms with Crippen LogP contribution in [0.15, 0.2) is 24.3 Å². The number of aromatic amines is 1. The first-order chi connectivity index (χ1) is 5.90. The molecule has 0 saturated carbocycles. The first kappa shape index (κ1) is 7.31. The van der Waals surface area contributed by atoms with Crippen LogP contribution in [0, 0.1) is 0 Å². The number of rotatable bonds is 2. The van der Waals surface area contributed by atoms with Gasteiger partial charge in [-0.25, -0.2) is 4.98 Å². The molecule has 3 nitrogen and oxygen atoms in total. The molecule has 0 aliphatic rings. The van der Waals surface area contributed by atoms with Crippen LogP contribution in [0.5, 0.6) is 0 Å². The summed E-state index contributed by atoms with van der Waals surface area (Å²) >= 11 is 0. The Morgan fingerprint density at radius 2 is 2.25 bits per heavy atom. The fraction of sp³-hybridized carbons (Fsp3) is 0.222. The van der Waals surface area contributed by atoms with E-state index in [9.17, 15) is 0 Å². The fourth-order valence-corrected chi connectivity index (χ4v) is 1.21. The van der Waals surface area contributed by atoms with E-state index < -0.39 is 0 Å². The molecule has 1 heterocycles. The van der Waals surface area contributed by atoms with E-state index in [4.69, 9.17) is 4.74 Å². The average molecular weight is 162 g/mol. The van der Waals surface area contributed by atoms with E-state index in [1.165, 1.54) is 0 Å². The first-order valence-corrected chi connectivity index (χ1v) is 3.83. The van der Waals surface area contributed by atoms with Crippen molar-refractivity contribution in [1.29, 1.82) is 0 Å². The molecule has 0 aliphatic heterocycles. The number of hydrogen-bond acceptors (Lipinski definition) is 2. The second-order valence-corrected chi connectivity index (χ2v) is 2.63. The minimum atomic E-state index is 0.536. The number of para-hydroxylation sites is 2. The summed E-state index contributed by atoms with van der Waals surface area (Å²) in [4.78, 5) is 7.48. The molecule has 0 aliphatic carbocycles. The maximum atomic E-state index is 4.96. The Balaban J connectivity index is 2.47. The van der Waals surface area contributed by atoms with E-state index >= 15 is 0 Å². The van der Waals surface area contributed by atoms with Gasteiger partial charge in [-0.3, -0.25) is 0 Å². The van der Waals surface area contributed by atoms with Gasteiger partial charge in [0, 0.05) is 7.11 Å². The third-order valence-corrected chi connectivity index (χ3v) is 1.72. The number of nitrogens with one attached hydrogen (secondary N) is 1. The highest BCUT2D eigenvalue weighted by Gasteiger charge is 1.99. The van der Waals surface area contributed by atoms with Gasteiger partial charge >= 0.3 is 0 Å². The molecule has 0 bridgehead atoms. The molecule has 0 saturated heterocycles. The number of methoxy groups -OCH3 is 1. The Labute approximate surface area is 70.4 Å². The summed E-state index contributed by atoms with van der Waals surface area (Å²) < 4.78 is 4.96. The molecule has 2 rings (SSSR count). The number of imidazole rings is 1. The largest absolute Gasteiger partial charge is 0.377 e. The third-order valence-electron chi connectivity index (χ3n) is 1.72. The monoisotopic (exact) mass is 162 g/mol. The minimum Gasteiger partial charge on any atom is -0.377 e. The highest BCUT2D eigenvalue weighted by atomic mass is 16.5. The van der Waals surface area contributed by atoms with Crippen molar-refractivity contribution in [2.75, 3.05) is 7.11 Å². The SMILES string of the molecule is COCc1nc2ccccc2[nH]1. The zero-order valence-corrected chi connectivity index (χ0v) is 6.87. The lowest BCUT2D eigenvalue weighted by Crippen LogP contribution is -1.88. The van der Waals surface area contributed by atoms with Crippen LogP contribution in [-0.2, 0) is 11.3 Å². The number of ether oxygens (including phenoxy) is 1. The maximum absolute atomic E-state index is 4.96. The van der Waals surface area contributed by atoms with Crippen molar-refractivity contribution in [3.8, 4) is 0 Å². The van der Waals surface area contributed by atoms with E-state index in [2.05, 4.69) is 9.97 Å². The Morgan fingerprint density at radius 3 is 3.00 bits per heavy atom. The smallest absolute Gasteiger partial charge is 0.133 e. The molecule has 1 aromatic carbocycles. The minimum absolute atomic E-state index is 0.536. The molecule has 1 N–H and O–H groups in total. The Kier molecular flexibility index (Phi) is 1.80. The van der Waals surface area contributed by atoms with Gasteiger partial charge in [-0.1, -0.05) is 12.1 Å².